The lowest BCUT2D eigenvalue weighted by atomic mass is 9.94. The Balaban J connectivity index is 1.76. The lowest BCUT2D eigenvalue weighted by Gasteiger charge is -2.41. The average Bonchev–Trinajstić information content (AvgIpc) is 2.97. The molecule has 0 spiro atoms. The maximum atomic E-state index is 15.2. The van der Waals surface area contributed by atoms with E-state index in [1.807, 2.05) is 0 Å². The molecular formula is C29H27F6NO3S. The van der Waals surface area contributed by atoms with Gasteiger partial charge in [0.1, 0.15) is 0 Å². The molecule has 1 saturated carbocycles. The number of halogens is 6. The van der Waals surface area contributed by atoms with Crippen LogP contribution in [0.4, 0.5) is 26.3 Å². The van der Waals surface area contributed by atoms with Crippen molar-refractivity contribution in [2.45, 2.75) is 70.6 Å². The van der Waals surface area contributed by atoms with Gasteiger partial charge in [-0.25, -0.2) is 4.79 Å². The smallest absolute Gasteiger partial charge is 0.397 e. The predicted octanol–water partition coefficient (Wildman–Crippen LogP) is 7.78. The Morgan fingerprint density at radius 3 is 1.45 bits per heavy atom. The van der Waals surface area contributed by atoms with E-state index in [0.29, 0.717) is 12.8 Å². The Morgan fingerprint density at radius 2 is 1.05 bits per heavy atom. The van der Waals surface area contributed by atoms with Crippen LogP contribution in [0.25, 0.3) is 0 Å². The fourth-order valence-electron chi connectivity index (χ4n) is 4.55. The van der Waals surface area contributed by atoms with Gasteiger partial charge in [0.15, 0.2) is 0 Å². The fourth-order valence-corrected chi connectivity index (χ4v) is 7.60. The molecule has 4 rings (SSSR count). The Labute approximate surface area is 229 Å². The number of hydrogen-bond acceptors (Lipinski definition) is 3. The number of rotatable bonds is 9. The van der Waals surface area contributed by atoms with E-state index in [0.717, 1.165) is 6.42 Å². The van der Waals surface area contributed by atoms with Gasteiger partial charge in [0.2, 0.25) is 0 Å². The predicted molar refractivity (Wildman–Crippen MR) is 138 cm³/mol. The highest BCUT2D eigenvalue weighted by Crippen LogP contribution is 2.69. The molecule has 3 aromatic carbocycles. The third kappa shape index (κ3) is 5.31. The molecule has 1 amide bonds. The highest BCUT2D eigenvalue weighted by Gasteiger charge is 2.79. The molecule has 0 aromatic heterocycles. The number of carbonyl (C=O) groups excluding carboxylic acids is 2. The van der Waals surface area contributed by atoms with Gasteiger partial charge in [-0.1, -0.05) is 73.9 Å². The van der Waals surface area contributed by atoms with Crippen LogP contribution in [0, 0.1) is 0 Å². The normalized spacial score (nSPS) is 15.8. The number of benzene rings is 3. The van der Waals surface area contributed by atoms with Crippen molar-refractivity contribution in [3.8, 4) is 0 Å². The van der Waals surface area contributed by atoms with Crippen LogP contribution in [-0.4, -0.2) is 35.7 Å². The maximum Gasteiger partial charge on any atom is 0.412 e. The summed E-state index contributed by atoms with van der Waals surface area (Å²) < 4.78 is 95.3. The lowest BCUT2D eigenvalue weighted by Crippen LogP contribution is -2.64. The van der Waals surface area contributed by atoms with Gasteiger partial charge in [-0.2, -0.15) is 26.3 Å². The number of nitrogens with one attached hydrogen (secondary N) is 1. The molecule has 1 fully saturated rings. The van der Waals surface area contributed by atoms with Crippen molar-refractivity contribution in [3.63, 3.8) is 0 Å². The molecule has 0 heterocycles. The van der Waals surface area contributed by atoms with Crippen LogP contribution in [0.15, 0.2) is 106 Å². The van der Waals surface area contributed by atoms with Crippen molar-refractivity contribution in [2.24, 2.45) is 0 Å². The van der Waals surface area contributed by atoms with Gasteiger partial charge < -0.3 is 9.50 Å². The first-order chi connectivity index (χ1) is 18.9. The molecule has 0 unspecified atom stereocenters. The number of alkyl halides is 6. The van der Waals surface area contributed by atoms with Crippen molar-refractivity contribution in [1.29, 1.82) is 0 Å². The summed E-state index contributed by atoms with van der Waals surface area (Å²) in [6.07, 6.45) is 2.42. The summed E-state index contributed by atoms with van der Waals surface area (Å²) in [7, 11) is -3.47. The van der Waals surface area contributed by atoms with E-state index < -0.39 is 46.0 Å². The maximum absolute atomic E-state index is 15.2. The van der Waals surface area contributed by atoms with Crippen LogP contribution < -0.4 is 5.32 Å². The van der Waals surface area contributed by atoms with Crippen LogP contribution in [0.5, 0.6) is 0 Å². The van der Waals surface area contributed by atoms with Gasteiger partial charge in [0.05, 0.1) is 0 Å². The second-order valence-corrected chi connectivity index (χ2v) is 12.1. The number of carbonyl (C=O) groups is 2. The van der Waals surface area contributed by atoms with Crippen LogP contribution in [0.1, 0.15) is 32.1 Å². The summed E-state index contributed by atoms with van der Waals surface area (Å²) in [5.74, 6) is -23.8. The highest BCUT2D eigenvalue weighted by molar-refractivity contribution is 8.30. The molecule has 0 radical (unpaired) electrons. The monoisotopic (exact) mass is 583 g/mol. The first-order valence-corrected chi connectivity index (χ1v) is 14.2. The molecule has 0 bridgehead atoms. The van der Waals surface area contributed by atoms with Crippen LogP contribution in [-0.2, 0) is 13.8 Å². The zero-order chi connectivity index (χ0) is 29.0. The topological polar surface area (TPSA) is 55.4 Å². The summed E-state index contributed by atoms with van der Waals surface area (Å²) in [4.78, 5) is 25.7. The average molecular weight is 584 g/mol. The largest absolute Gasteiger partial charge is 0.412 e. The Hall–Kier alpha value is -3.47. The minimum Gasteiger partial charge on any atom is -0.397 e. The summed E-state index contributed by atoms with van der Waals surface area (Å²) in [6, 6.07) is 22.0. The quantitative estimate of drug-likeness (QED) is 0.262. The molecule has 40 heavy (non-hydrogen) atoms. The van der Waals surface area contributed by atoms with E-state index in [4.69, 9.17) is 4.18 Å². The summed E-state index contributed by atoms with van der Waals surface area (Å²) >= 11 is 0. The van der Waals surface area contributed by atoms with Crippen LogP contribution >= 0.6 is 10.3 Å². The third-order valence-corrected chi connectivity index (χ3v) is 9.91. The second kappa shape index (κ2) is 11.6. The summed E-state index contributed by atoms with van der Waals surface area (Å²) in [6.45, 7) is 0. The Bertz CT molecular complexity index is 1210. The molecule has 1 aliphatic rings. The zero-order valence-corrected chi connectivity index (χ0v) is 22.0. The molecule has 1 aliphatic carbocycles. The Morgan fingerprint density at radius 1 is 0.650 bits per heavy atom. The summed E-state index contributed by atoms with van der Waals surface area (Å²) in [5.41, 5.74) is 0. The molecule has 0 atom stereocenters. The minimum atomic E-state index is -6.40. The first kappa shape index (κ1) is 29.5. The molecule has 0 aliphatic heterocycles. The van der Waals surface area contributed by atoms with Crippen molar-refractivity contribution in [1.82, 2.24) is 5.32 Å². The molecule has 1 N–H and O–H groups in total. The zero-order valence-electron chi connectivity index (χ0n) is 21.2. The van der Waals surface area contributed by atoms with Gasteiger partial charge in [0, 0.05) is 20.7 Å². The van der Waals surface area contributed by atoms with Crippen molar-refractivity contribution in [2.75, 3.05) is 0 Å². The fraction of sp³-hybridized carbons (Fsp3) is 0.310. The first-order valence-electron chi connectivity index (χ1n) is 12.6. The molecule has 0 saturated heterocycles. The minimum absolute atomic E-state index is 0.182. The molecule has 11 heteroatoms. The standard InChI is InChI=1S/C29H27F6NO3S/c30-27(31,25(37)36-21-13-5-1-6-14-21)29(34,35)28(32,33)26(38)39-40(22-15-7-2-8-16-22,23-17-9-3-10-18-23)24-19-11-4-12-20-24/h2-4,7-12,15-21H,1,5-6,13-14H2,(H,36,37). The van der Waals surface area contributed by atoms with Gasteiger partial charge in [-0.3, -0.25) is 4.79 Å². The van der Waals surface area contributed by atoms with E-state index in [-0.39, 0.29) is 27.5 Å². The molecule has 214 valence electrons. The molecule has 3 aromatic rings. The van der Waals surface area contributed by atoms with Crippen molar-refractivity contribution < 1.29 is 40.1 Å². The van der Waals surface area contributed by atoms with Crippen LogP contribution in [0.3, 0.4) is 0 Å². The lowest BCUT2D eigenvalue weighted by molar-refractivity contribution is -0.291. The third-order valence-electron chi connectivity index (χ3n) is 6.70. The van der Waals surface area contributed by atoms with Crippen LogP contribution in [0.2, 0.25) is 0 Å². The SMILES string of the molecule is O=C(NC1CCCCC1)C(F)(F)C(F)(F)C(F)(F)C(=O)OS(c1ccccc1)(c1ccccc1)c1ccccc1. The van der Waals surface area contributed by atoms with E-state index in [1.165, 1.54) is 72.8 Å². The van der Waals surface area contributed by atoms with Gasteiger partial charge in [-0.05, 0) is 59.5 Å². The van der Waals surface area contributed by atoms with Gasteiger partial charge in [0.25, 0.3) is 5.91 Å². The van der Waals surface area contributed by atoms with Crippen molar-refractivity contribution >= 4 is 22.2 Å². The van der Waals surface area contributed by atoms with E-state index >= 15 is 8.78 Å². The Kier molecular flexibility index (Phi) is 8.53. The summed E-state index contributed by atoms with van der Waals surface area (Å²) in [5, 5.41) is 1.75. The number of amides is 1. The van der Waals surface area contributed by atoms with Gasteiger partial charge >= 0.3 is 23.7 Å². The van der Waals surface area contributed by atoms with Gasteiger partial charge in [-0.15, -0.1) is 0 Å². The van der Waals surface area contributed by atoms with Crippen molar-refractivity contribution in [3.05, 3.63) is 91.0 Å². The molecular weight excluding hydrogens is 556 g/mol. The highest BCUT2D eigenvalue weighted by atomic mass is 32.3. The number of hydrogen-bond donors (Lipinski definition) is 1. The molecule has 4 nitrogen and oxygen atoms in total. The second-order valence-electron chi connectivity index (χ2n) is 9.40. The van der Waals surface area contributed by atoms with E-state index in [1.54, 1.807) is 23.5 Å². The van der Waals surface area contributed by atoms with E-state index in [2.05, 4.69) is 0 Å². The van der Waals surface area contributed by atoms with E-state index in [9.17, 15) is 27.2 Å².